The van der Waals surface area contributed by atoms with Gasteiger partial charge in [0, 0.05) is 19.3 Å². The standard InChI is InChI=1S/C17H19NO3/c1-11-6-7-13(21-11)8-9-16(20)18-17-14-5-3-2-4-12(14)10-15(17)19/h2-7,15,17,19H,8-10H2,1H3,(H,18,20). The van der Waals surface area contributed by atoms with E-state index in [4.69, 9.17) is 4.42 Å². The third-order valence-electron chi connectivity index (χ3n) is 3.91. The van der Waals surface area contributed by atoms with E-state index in [1.165, 1.54) is 0 Å². The van der Waals surface area contributed by atoms with Gasteiger partial charge in [0.2, 0.25) is 5.91 Å². The molecule has 3 rings (SSSR count). The predicted molar refractivity (Wildman–Crippen MR) is 78.8 cm³/mol. The van der Waals surface area contributed by atoms with Crippen LogP contribution in [0.3, 0.4) is 0 Å². The third-order valence-corrected chi connectivity index (χ3v) is 3.91. The Hall–Kier alpha value is -2.07. The van der Waals surface area contributed by atoms with Crippen molar-refractivity contribution >= 4 is 5.91 Å². The second kappa shape index (κ2) is 5.74. The fourth-order valence-electron chi connectivity index (χ4n) is 2.85. The van der Waals surface area contributed by atoms with Crippen molar-refractivity contribution in [1.29, 1.82) is 0 Å². The highest BCUT2D eigenvalue weighted by Gasteiger charge is 2.31. The number of fused-ring (bicyclic) bond motifs is 1. The van der Waals surface area contributed by atoms with Gasteiger partial charge in [0.25, 0.3) is 0 Å². The van der Waals surface area contributed by atoms with E-state index in [0.29, 0.717) is 19.3 Å². The van der Waals surface area contributed by atoms with Crippen molar-refractivity contribution in [2.45, 2.75) is 38.3 Å². The molecular formula is C17H19NO3. The molecule has 0 bridgehead atoms. The van der Waals surface area contributed by atoms with E-state index >= 15 is 0 Å². The summed E-state index contributed by atoms with van der Waals surface area (Å²) in [6.07, 6.45) is 0.984. The number of nitrogens with one attached hydrogen (secondary N) is 1. The maximum atomic E-state index is 12.1. The van der Waals surface area contributed by atoms with Crippen molar-refractivity contribution in [3.05, 3.63) is 59.0 Å². The Morgan fingerprint density at radius 1 is 1.33 bits per heavy atom. The molecular weight excluding hydrogens is 266 g/mol. The van der Waals surface area contributed by atoms with Crippen LogP contribution in [-0.4, -0.2) is 17.1 Å². The van der Waals surface area contributed by atoms with Gasteiger partial charge in [-0.1, -0.05) is 24.3 Å². The zero-order valence-electron chi connectivity index (χ0n) is 12.0. The summed E-state index contributed by atoms with van der Waals surface area (Å²) in [6.45, 7) is 1.88. The van der Waals surface area contributed by atoms with E-state index in [-0.39, 0.29) is 11.9 Å². The number of furan rings is 1. The molecule has 1 amide bonds. The lowest BCUT2D eigenvalue weighted by atomic mass is 10.1. The molecule has 110 valence electrons. The number of amides is 1. The SMILES string of the molecule is Cc1ccc(CCC(=O)NC2c3ccccc3CC2O)o1. The molecule has 0 radical (unpaired) electrons. The van der Waals surface area contributed by atoms with Crippen LogP contribution in [0, 0.1) is 6.92 Å². The average Bonchev–Trinajstić information content (AvgIpc) is 3.01. The highest BCUT2D eigenvalue weighted by Crippen LogP contribution is 2.31. The Morgan fingerprint density at radius 3 is 2.90 bits per heavy atom. The molecule has 1 aromatic carbocycles. The lowest BCUT2D eigenvalue weighted by molar-refractivity contribution is -0.122. The zero-order chi connectivity index (χ0) is 14.8. The van der Waals surface area contributed by atoms with Crippen LogP contribution in [0.25, 0.3) is 0 Å². The largest absolute Gasteiger partial charge is 0.466 e. The van der Waals surface area contributed by atoms with Gasteiger partial charge in [0.15, 0.2) is 0 Å². The Bertz CT molecular complexity index is 647. The van der Waals surface area contributed by atoms with Crippen LogP contribution >= 0.6 is 0 Å². The highest BCUT2D eigenvalue weighted by molar-refractivity contribution is 5.77. The van der Waals surface area contributed by atoms with Crippen LogP contribution in [0.15, 0.2) is 40.8 Å². The Kier molecular flexibility index (Phi) is 3.80. The molecule has 4 nitrogen and oxygen atoms in total. The molecule has 2 aromatic rings. The normalized spacial score (nSPS) is 20.3. The first-order chi connectivity index (χ1) is 10.1. The monoisotopic (exact) mass is 285 g/mol. The van der Waals surface area contributed by atoms with Gasteiger partial charge in [-0.15, -0.1) is 0 Å². The minimum Gasteiger partial charge on any atom is -0.466 e. The highest BCUT2D eigenvalue weighted by atomic mass is 16.3. The van der Waals surface area contributed by atoms with E-state index in [9.17, 15) is 9.90 Å². The van der Waals surface area contributed by atoms with Gasteiger partial charge in [0.05, 0.1) is 12.1 Å². The number of aliphatic hydroxyl groups is 1. The van der Waals surface area contributed by atoms with Crippen molar-refractivity contribution in [3.8, 4) is 0 Å². The van der Waals surface area contributed by atoms with E-state index in [2.05, 4.69) is 5.32 Å². The van der Waals surface area contributed by atoms with Crippen molar-refractivity contribution < 1.29 is 14.3 Å². The molecule has 1 aliphatic carbocycles. The van der Waals surface area contributed by atoms with E-state index in [1.807, 2.05) is 43.3 Å². The quantitative estimate of drug-likeness (QED) is 0.906. The van der Waals surface area contributed by atoms with Crippen LogP contribution in [0.1, 0.15) is 35.1 Å². The van der Waals surface area contributed by atoms with Crippen LogP contribution < -0.4 is 5.32 Å². The summed E-state index contributed by atoms with van der Waals surface area (Å²) in [4.78, 5) is 12.1. The van der Waals surface area contributed by atoms with Crippen molar-refractivity contribution in [3.63, 3.8) is 0 Å². The summed E-state index contributed by atoms with van der Waals surface area (Å²) < 4.78 is 5.45. The molecule has 0 saturated heterocycles. The number of aliphatic hydroxyl groups excluding tert-OH is 1. The molecule has 2 N–H and O–H groups in total. The Morgan fingerprint density at radius 2 is 2.14 bits per heavy atom. The molecule has 0 spiro atoms. The summed E-state index contributed by atoms with van der Waals surface area (Å²) in [7, 11) is 0. The number of carbonyl (C=O) groups is 1. The van der Waals surface area contributed by atoms with Crippen molar-refractivity contribution in [1.82, 2.24) is 5.32 Å². The summed E-state index contributed by atoms with van der Waals surface area (Å²) in [5.41, 5.74) is 2.13. The van der Waals surface area contributed by atoms with Crippen LogP contribution in [0.4, 0.5) is 0 Å². The Balaban J connectivity index is 1.60. The molecule has 21 heavy (non-hydrogen) atoms. The lowest BCUT2D eigenvalue weighted by Crippen LogP contribution is -2.33. The van der Waals surface area contributed by atoms with Gasteiger partial charge in [-0.2, -0.15) is 0 Å². The topological polar surface area (TPSA) is 62.5 Å². The molecule has 0 saturated carbocycles. The second-order valence-corrected chi connectivity index (χ2v) is 5.53. The summed E-state index contributed by atoms with van der Waals surface area (Å²) in [6, 6.07) is 11.3. The maximum Gasteiger partial charge on any atom is 0.221 e. The molecule has 1 heterocycles. The predicted octanol–water partition coefficient (Wildman–Crippen LogP) is 2.30. The first-order valence-electron chi connectivity index (χ1n) is 7.24. The number of hydrogen-bond acceptors (Lipinski definition) is 3. The third kappa shape index (κ3) is 3.00. The fourth-order valence-corrected chi connectivity index (χ4v) is 2.85. The summed E-state index contributed by atoms with van der Waals surface area (Å²) in [5, 5.41) is 13.0. The van der Waals surface area contributed by atoms with Crippen LogP contribution in [0.2, 0.25) is 0 Å². The Labute approximate surface area is 123 Å². The summed E-state index contributed by atoms with van der Waals surface area (Å²) in [5.74, 6) is 1.60. The van der Waals surface area contributed by atoms with Gasteiger partial charge in [0.1, 0.15) is 11.5 Å². The van der Waals surface area contributed by atoms with Crippen LogP contribution in [0.5, 0.6) is 0 Å². The number of aryl methyl sites for hydroxylation is 2. The lowest BCUT2D eigenvalue weighted by Gasteiger charge is -2.17. The summed E-state index contributed by atoms with van der Waals surface area (Å²) >= 11 is 0. The molecule has 2 atom stereocenters. The average molecular weight is 285 g/mol. The second-order valence-electron chi connectivity index (χ2n) is 5.53. The van der Waals surface area contributed by atoms with Gasteiger partial charge in [-0.25, -0.2) is 0 Å². The zero-order valence-corrected chi connectivity index (χ0v) is 12.0. The first kappa shape index (κ1) is 13.9. The first-order valence-corrected chi connectivity index (χ1v) is 7.24. The minimum absolute atomic E-state index is 0.0650. The molecule has 1 aromatic heterocycles. The van der Waals surface area contributed by atoms with Gasteiger partial charge >= 0.3 is 0 Å². The molecule has 1 aliphatic rings. The van der Waals surface area contributed by atoms with Gasteiger partial charge in [-0.3, -0.25) is 4.79 Å². The number of hydrogen-bond donors (Lipinski definition) is 2. The van der Waals surface area contributed by atoms with E-state index in [1.54, 1.807) is 0 Å². The number of benzene rings is 1. The minimum atomic E-state index is -0.544. The van der Waals surface area contributed by atoms with E-state index in [0.717, 1.165) is 22.6 Å². The number of carbonyl (C=O) groups excluding carboxylic acids is 1. The van der Waals surface area contributed by atoms with Gasteiger partial charge in [-0.05, 0) is 30.2 Å². The molecule has 4 heteroatoms. The van der Waals surface area contributed by atoms with E-state index < -0.39 is 6.10 Å². The molecule has 2 unspecified atom stereocenters. The molecule has 0 aliphatic heterocycles. The molecule has 0 fully saturated rings. The fraction of sp³-hybridized carbons (Fsp3) is 0.353. The van der Waals surface area contributed by atoms with Crippen molar-refractivity contribution in [2.24, 2.45) is 0 Å². The maximum absolute atomic E-state index is 12.1. The van der Waals surface area contributed by atoms with Crippen molar-refractivity contribution in [2.75, 3.05) is 0 Å². The number of rotatable bonds is 4. The van der Waals surface area contributed by atoms with Crippen LogP contribution in [-0.2, 0) is 17.6 Å². The van der Waals surface area contributed by atoms with Gasteiger partial charge < -0.3 is 14.8 Å². The smallest absolute Gasteiger partial charge is 0.221 e.